The smallest absolute Gasteiger partial charge is 0.0549 e. The molecule has 0 spiro atoms. The first kappa shape index (κ1) is 14.7. The Hall–Kier alpha value is -0.380. The van der Waals surface area contributed by atoms with E-state index in [1.54, 1.807) is 7.11 Å². The molecule has 2 atom stereocenters. The van der Waals surface area contributed by atoms with Crippen molar-refractivity contribution in [1.29, 1.82) is 0 Å². The molecular formula is C14H22BrNO. The Morgan fingerprint density at radius 1 is 1.41 bits per heavy atom. The first-order valence-electron chi connectivity index (χ1n) is 6.16. The van der Waals surface area contributed by atoms with Crippen molar-refractivity contribution in [2.75, 3.05) is 20.2 Å². The molecule has 0 heterocycles. The van der Waals surface area contributed by atoms with Crippen LogP contribution in [0.25, 0.3) is 0 Å². The van der Waals surface area contributed by atoms with Crippen LogP contribution in [-0.2, 0) is 4.74 Å². The summed E-state index contributed by atoms with van der Waals surface area (Å²) in [5.74, 6) is 0.502. The lowest BCUT2D eigenvalue weighted by Gasteiger charge is -2.21. The van der Waals surface area contributed by atoms with Gasteiger partial charge in [-0.3, -0.25) is 0 Å². The Bertz CT molecular complexity index is 330. The molecule has 1 aromatic rings. The highest BCUT2D eigenvalue weighted by molar-refractivity contribution is 9.10. The summed E-state index contributed by atoms with van der Waals surface area (Å²) in [6.07, 6.45) is 1.33. The van der Waals surface area contributed by atoms with Crippen LogP contribution in [0.2, 0.25) is 0 Å². The van der Waals surface area contributed by atoms with E-state index in [9.17, 15) is 0 Å². The molecule has 0 fully saturated rings. The van der Waals surface area contributed by atoms with Crippen LogP contribution < -0.4 is 5.32 Å². The number of methoxy groups -OCH3 is 1. The standard InChI is InChI=1S/C14H22BrNO/c1-4-16-10-13(8-11(2)17-3)12-6-5-7-14(15)9-12/h5-7,9,11,13,16H,4,8,10H2,1-3H3. The summed E-state index contributed by atoms with van der Waals surface area (Å²) < 4.78 is 6.51. The van der Waals surface area contributed by atoms with E-state index in [0.717, 1.165) is 24.0 Å². The minimum absolute atomic E-state index is 0.289. The largest absolute Gasteiger partial charge is 0.382 e. The minimum Gasteiger partial charge on any atom is -0.382 e. The van der Waals surface area contributed by atoms with Gasteiger partial charge in [0.1, 0.15) is 0 Å². The summed E-state index contributed by atoms with van der Waals surface area (Å²) in [4.78, 5) is 0. The highest BCUT2D eigenvalue weighted by Crippen LogP contribution is 2.24. The van der Waals surface area contributed by atoms with Gasteiger partial charge in [-0.15, -0.1) is 0 Å². The maximum atomic E-state index is 5.37. The van der Waals surface area contributed by atoms with Gasteiger partial charge in [0, 0.05) is 18.1 Å². The molecule has 0 bridgehead atoms. The van der Waals surface area contributed by atoms with Crippen LogP contribution >= 0.6 is 15.9 Å². The van der Waals surface area contributed by atoms with Crippen molar-refractivity contribution in [1.82, 2.24) is 5.32 Å². The van der Waals surface area contributed by atoms with Crippen LogP contribution in [0, 0.1) is 0 Å². The van der Waals surface area contributed by atoms with Crippen molar-refractivity contribution in [2.45, 2.75) is 32.3 Å². The Morgan fingerprint density at radius 2 is 2.18 bits per heavy atom. The Morgan fingerprint density at radius 3 is 2.76 bits per heavy atom. The zero-order chi connectivity index (χ0) is 12.7. The first-order valence-corrected chi connectivity index (χ1v) is 6.95. The molecule has 2 nitrogen and oxygen atoms in total. The lowest BCUT2D eigenvalue weighted by molar-refractivity contribution is 0.104. The van der Waals surface area contributed by atoms with Gasteiger partial charge in [0.15, 0.2) is 0 Å². The average Bonchev–Trinajstić information content (AvgIpc) is 2.34. The van der Waals surface area contributed by atoms with Gasteiger partial charge >= 0.3 is 0 Å². The monoisotopic (exact) mass is 299 g/mol. The fraction of sp³-hybridized carbons (Fsp3) is 0.571. The number of hydrogen-bond donors (Lipinski definition) is 1. The van der Waals surface area contributed by atoms with E-state index in [4.69, 9.17) is 4.74 Å². The van der Waals surface area contributed by atoms with Crippen molar-refractivity contribution in [3.05, 3.63) is 34.3 Å². The minimum atomic E-state index is 0.289. The second-order valence-corrected chi connectivity index (χ2v) is 5.26. The van der Waals surface area contributed by atoms with E-state index >= 15 is 0 Å². The summed E-state index contributed by atoms with van der Waals surface area (Å²) in [5.41, 5.74) is 1.37. The van der Waals surface area contributed by atoms with Crippen molar-refractivity contribution >= 4 is 15.9 Å². The number of ether oxygens (including phenoxy) is 1. The third-order valence-electron chi connectivity index (χ3n) is 2.98. The lowest BCUT2D eigenvalue weighted by Crippen LogP contribution is -2.24. The maximum Gasteiger partial charge on any atom is 0.0549 e. The van der Waals surface area contributed by atoms with Crippen LogP contribution in [-0.4, -0.2) is 26.3 Å². The van der Waals surface area contributed by atoms with E-state index in [2.05, 4.69) is 59.4 Å². The van der Waals surface area contributed by atoms with Gasteiger partial charge < -0.3 is 10.1 Å². The zero-order valence-corrected chi connectivity index (χ0v) is 12.5. The molecule has 0 saturated heterocycles. The number of likely N-dealkylation sites (N-methyl/N-ethyl adjacent to an activating group) is 1. The molecule has 3 heteroatoms. The molecule has 1 rings (SSSR count). The quantitative estimate of drug-likeness (QED) is 0.831. The summed E-state index contributed by atoms with van der Waals surface area (Å²) >= 11 is 3.53. The number of nitrogens with one attached hydrogen (secondary N) is 1. The van der Waals surface area contributed by atoms with E-state index in [1.807, 2.05) is 0 Å². The molecule has 1 N–H and O–H groups in total. The van der Waals surface area contributed by atoms with E-state index in [-0.39, 0.29) is 6.10 Å². The van der Waals surface area contributed by atoms with Gasteiger partial charge in [0.25, 0.3) is 0 Å². The topological polar surface area (TPSA) is 21.3 Å². The predicted molar refractivity (Wildman–Crippen MR) is 76.5 cm³/mol. The van der Waals surface area contributed by atoms with Gasteiger partial charge in [-0.2, -0.15) is 0 Å². The first-order chi connectivity index (χ1) is 8.17. The van der Waals surface area contributed by atoms with Gasteiger partial charge in [-0.1, -0.05) is 35.0 Å². The number of halogens is 1. The summed E-state index contributed by atoms with van der Waals surface area (Å²) in [7, 11) is 1.77. The molecule has 0 aliphatic heterocycles. The third-order valence-corrected chi connectivity index (χ3v) is 3.47. The highest BCUT2D eigenvalue weighted by atomic mass is 79.9. The molecule has 0 aliphatic carbocycles. The Labute approximate surface area is 113 Å². The van der Waals surface area contributed by atoms with Crippen LogP contribution in [0.4, 0.5) is 0 Å². The van der Waals surface area contributed by atoms with Crippen LogP contribution in [0.3, 0.4) is 0 Å². The second kappa shape index (κ2) is 7.85. The second-order valence-electron chi connectivity index (χ2n) is 4.34. The molecular weight excluding hydrogens is 278 g/mol. The fourth-order valence-electron chi connectivity index (χ4n) is 1.91. The van der Waals surface area contributed by atoms with E-state index < -0.39 is 0 Å². The lowest BCUT2D eigenvalue weighted by atomic mass is 9.93. The van der Waals surface area contributed by atoms with Crippen molar-refractivity contribution in [2.24, 2.45) is 0 Å². The Kier molecular flexibility index (Phi) is 6.78. The molecule has 96 valence electrons. The summed E-state index contributed by atoms with van der Waals surface area (Å²) in [5, 5.41) is 3.42. The third kappa shape index (κ3) is 5.19. The van der Waals surface area contributed by atoms with Crippen LogP contribution in [0.1, 0.15) is 31.7 Å². The molecule has 17 heavy (non-hydrogen) atoms. The average molecular weight is 300 g/mol. The molecule has 0 saturated carbocycles. The van der Waals surface area contributed by atoms with E-state index in [0.29, 0.717) is 5.92 Å². The van der Waals surface area contributed by atoms with Gasteiger partial charge in [-0.25, -0.2) is 0 Å². The summed E-state index contributed by atoms with van der Waals surface area (Å²) in [6, 6.07) is 8.54. The van der Waals surface area contributed by atoms with Gasteiger partial charge in [-0.05, 0) is 43.5 Å². The maximum absolute atomic E-state index is 5.37. The number of hydrogen-bond acceptors (Lipinski definition) is 2. The number of benzene rings is 1. The van der Waals surface area contributed by atoms with Crippen LogP contribution in [0.15, 0.2) is 28.7 Å². The fourth-order valence-corrected chi connectivity index (χ4v) is 2.33. The molecule has 2 unspecified atom stereocenters. The van der Waals surface area contributed by atoms with Crippen molar-refractivity contribution in [3.63, 3.8) is 0 Å². The molecule has 1 aromatic carbocycles. The van der Waals surface area contributed by atoms with Crippen molar-refractivity contribution in [3.8, 4) is 0 Å². The molecule has 0 aromatic heterocycles. The highest BCUT2D eigenvalue weighted by Gasteiger charge is 2.15. The van der Waals surface area contributed by atoms with Crippen molar-refractivity contribution < 1.29 is 4.74 Å². The Balaban J connectivity index is 2.74. The number of rotatable bonds is 7. The molecule has 0 aliphatic rings. The van der Waals surface area contributed by atoms with E-state index in [1.165, 1.54) is 5.56 Å². The predicted octanol–water partition coefficient (Wildman–Crippen LogP) is 3.57. The molecule has 0 amide bonds. The SMILES string of the molecule is CCNCC(CC(C)OC)c1cccc(Br)c1. The summed E-state index contributed by atoms with van der Waals surface area (Å²) in [6.45, 7) is 6.27. The van der Waals surface area contributed by atoms with Crippen LogP contribution in [0.5, 0.6) is 0 Å². The zero-order valence-electron chi connectivity index (χ0n) is 10.9. The molecule has 0 radical (unpaired) electrons. The normalized spacial score (nSPS) is 14.6. The van der Waals surface area contributed by atoms with Gasteiger partial charge in [0.05, 0.1) is 6.10 Å². The van der Waals surface area contributed by atoms with Gasteiger partial charge in [0.2, 0.25) is 0 Å².